The Morgan fingerprint density at radius 1 is 1.20 bits per heavy atom. The molecule has 1 N–H and O–H groups in total. The summed E-state index contributed by atoms with van der Waals surface area (Å²) in [6, 6.07) is 12.0. The van der Waals surface area contributed by atoms with Gasteiger partial charge in [-0.1, -0.05) is 31.2 Å². The van der Waals surface area contributed by atoms with E-state index in [9.17, 15) is 4.79 Å². The molecule has 0 amide bonds. The van der Waals surface area contributed by atoms with Gasteiger partial charge in [-0.05, 0) is 37.5 Å². The zero-order valence-electron chi connectivity index (χ0n) is 12.4. The highest BCUT2D eigenvalue weighted by atomic mass is 16.1. The highest BCUT2D eigenvalue weighted by molar-refractivity contribution is 5.44. The van der Waals surface area contributed by atoms with E-state index < -0.39 is 0 Å². The molecule has 0 spiro atoms. The Morgan fingerprint density at radius 3 is 2.65 bits per heavy atom. The van der Waals surface area contributed by atoms with Crippen molar-refractivity contribution in [3.8, 4) is 0 Å². The van der Waals surface area contributed by atoms with E-state index >= 15 is 0 Å². The van der Waals surface area contributed by atoms with Crippen molar-refractivity contribution in [1.29, 1.82) is 0 Å². The molecule has 0 bridgehead atoms. The third kappa shape index (κ3) is 3.29. The quantitative estimate of drug-likeness (QED) is 0.898. The summed E-state index contributed by atoms with van der Waals surface area (Å²) in [5.41, 5.74) is 3.59. The summed E-state index contributed by atoms with van der Waals surface area (Å²) in [5, 5.41) is 3.47. The molecule has 1 heterocycles. The highest BCUT2D eigenvalue weighted by Gasteiger charge is 2.08. The Balaban J connectivity index is 2.20. The Bertz CT molecular complexity index is 631. The van der Waals surface area contributed by atoms with Gasteiger partial charge in [-0.25, -0.2) is 0 Å². The van der Waals surface area contributed by atoms with Crippen molar-refractivity contribution in [2.45, 2.75) is 39.8 Å². The fraction of sp³-hybridized carbons (Fsp3) is 0.353. The first-order valence-corrected chi connectivity index (χ1v) is 7.14. The number of anilines is 1. The van der Waals surface area contributed by atoms with Gasteiger partial charge >= 0.3 is 0 Å². The molecule has 20 heavy (non-hydrogen) atoms. The van der Waals surface area contributed by atoms with Gasteiger partial charge in [0.05, 0.1) is 5.69 Å². The molecule has 3 heteroatoms. The van der Waals surface area contributed by atoms with Crippen LogP contribution in [-0.2, 0) is 6.54 Å². The van der Waals surface area contributed by atoms with Crippen LogP contribution in [0.3, 0.4) is 0 Å². The number of hydrogen-bond donors (Lipinski definition) is 1. The molecule has 0 saturated carbocycles. The van der Waals surface area contributed by atoms with Crippen LogP contribution >= 0.6 is 0 Å². The minimum atomic E-state index is 0.0564. The summed E-state index contributed by atoms with van der Waals surface area (Å²) in [7, 11) is 0. The fourth-order valence-corrected chi connectivity index (χ4v) is 2.43. The molecule has 1 atom stereocenters. The number of rotatable bonds is 5. The van der Waals surface area contributed by atoms with E-state index in [-0.39, 0.29) is 11.6 Å². The molecule has 0 fully saturated rings. The summed E-state index contributed by atoms with van der Waals surface area (Å²) in [5.74, 6) is 0. The second-order valence-electron chi connectivity index (χ2n) is 5.17. The zero-order valence-corrected chi connectivity index (χ0v) is 12.4. The van der Waals surface area contributed by atoms with Crippen molar-refractivity contribution in [2.75, 3.05) is 5.32 Å². The maximum absolute atomic E-state index is 11.7. The van der Waals surface area contributed by atoms with E-state index in [1.54, 1.807) is 10.6 Å². The van der Waals surface area contributed by atoms with E-state index in [1.807, 2.05) is 18.3 Å². The van der Waals surface area contributed by atoms with E-state index in [0.29, 0.717) is 0 Å². The molecule has 0 aliphatic heterocycles. The lowest BCUT2D eigenvalue weighted by Gasteiger charge is -2.18. The number of aryl methyl sites for hydroxylation is 2. The number of benzene rings is 1. The van der Waals surface area contributed by atoms with Crippen molar-refractivity contribution in [3.63, 3.8) is 0 Å². The van der Waals surface area contributed by atoms with Gasteiger partial charge in [0.25, 0.3) is 5.56 Å². The van der Waals surface area contributed by atoms with Crippen LogP contribution in [0.5, 0.6) is 0 Å². The van der Waals surface area contributed by atoms with Gasteiger partial charge in [0, 0.05) is 24.8 Å². The third-order valence-corrected chi connectivity index (χ3v) is 3.49. The van der Waals surface area contributed by atoms with Gasteiger partial charge in [0.2, 0.25) is 0 Å². The summed E-state index contributed by atoms with van der Waals surface area (Å²) < 4.78 is 1.76. The number of hydrogen-bond acceptors (Lipinski definition) is 2. The maximum atomic E-state index is 11.7. The monoisotopic (exact) mass is 270 g/mol. The first kappa shape index (κ1) is 14.4. The van der Waals surface area contributed by atoms with Crippen molar-refractivity contribution >= 4 is 5.69 Å². The van der Waals surface area contributed by atoms with Crippen molar-refractivity contribution < 1.29 is 0 Å². The average molecular weight is 270 g/mol. The van der Waals surface area contributed by atoms with Crippen LogP contribution in [0.15, 0.2) is 47.4 Å². The van der Waals surface area contributed by atoms with Gasteiger partial charge in [-0.15, -0.1) is 0 Å². The lowest BCUT2D eigenvalue weighted by Crippen LogP contribution is -2.19. The van der Waals surface area contributed by atoms with Crippen LogP contribution in [0.4, 0.5) is 5.69 Å². The molecular weight excluding hydrogens is 248 g/mol. The first-order valence-electron chi connectivity index (χ1n) is 7.14. The highest BCUT2D eigenvalue weighted by Crippen LogP contribution is 2.21. The Hall–Kier alpha value is -2.03. The SMILES string of the molecule is CCCn1cc(NC(C)c2ccccc2C)ccc1=O. The minimum Gasteiger partial charge on any atom is -0.377 e. The molecule has 0 aliphatic rings. The normalized spacial score (nSPS) is 12.2. The number of aromatic nitrogens is 1. The van der Waals surface area contributed by atoms with E-state index in [1.165, 1.54) is 11.1 Å². The Morgan fingerprint density at radius 2 is 1.95 bits per heavy atom. The maximum Gasteiger partial charge on any atom is 0.250 e. The van der Waals surface area contributed by atoms with Crippen LogP contribution in [-0.4, -0.2) is 4.57 Å². The number of nitrogens with one attached hydrogen (secondary N) is 1. The molecule has 3 nitrogen and oxygen atoms in total. The fourth-order valence-electron chi connectivity index (χ4n) is 2.43. The Labute approximate surface area is 120 Å². The Kier molecular flexibility index (Phi) is 4.61. The van der Waals surface area contributed by atoms with E-state index in [0.717, 1.165) is 18.7 Å². The number of nitrogens with zero attached hydrogens (tertiary/aromatic N) is 1. The lowest BCUT2D eigenvalue weighted by atomic mass is 10.0. The van der Waals surface area contributed by atoms with Crippen LogP contribution in [0.1, 0.15) is 37.4 Å². The lowest BCUT2D eigenvalue weighted by molar-refractivity contribution is 0.654. The molecule has 106 valence electrons. The minimum absolute atomic E-state index is 0.0564. The van der Waals surface area contributed by atoms with Crippen molar-refractivity contribution in [1.82, 2.24) is 4.57 Å². The molecule has 0 aliphatic carbocycles. The summed E-state index contributed by atoms with van der Waals surface area (Å²) in [6.07, 6.45) is 2.86. The van der Waals surface area contributed by atoms with Crippen molar-refractivity contribution in [2.24, 2.45) is 0 Å². The first-order chi connectivity index (χ1) is 9.61. The van der Waals surface area contributed by atoms with Gasteiger partial charge in [0.1, 0.15) is 0 Å². The predicted molar refractivity (Wildman–Crippen MR) is 84.2 cm³/mol. The molecule has 0 saturated heterocycles. The van der Waals surface area contributed by atoms with Gasteiger partial charge < -0.3 is 9.88 Å². The summed E-state index contributed by atoms with van der Waals surface area (Å²) in [6.45, 7) is 7.08. The molecular formula is C17H22N2O. The second-order valence-corrected chi connectivity index (χ2v) is 5.17. The molecule has 2 aromatic rings. The second kappa shape index (κ2) is 6.42. The van der Waals surface area contributed by atoms with E-state index in [4.69, 9.17) is 0 Å². The molecule has 1 aromatic carbocycles. The van der Waals surface area contributed by atoms with Crippen LogP contribution in [0.25, 0.3) is 0 Å². The molecule has 2 rings (SSSR count). The topological polar surface area (TPSA) is 34.0 Å². The summed E-state index contributed by atoms with van der Waals surface area (Å²) >= 11 is 0. The smallest absolute Gasteiger partial charge is 0.250 e. The molecule has 1 aromatic heterocycles. The van der Waals surface area contributed by atoms with Crippen LogP contribution < -0.4 is 10.9 Å². The predicted octanol–water partition coefficient (Wildman–Crippen LogP) is 3.74. The third-order valence-electron chi connectivity index (χ3n) is 3.49. The number of pyridine rings is 1. The van der Waals surface area contributed by atoms with Gasteiger partial charge in [-0.2, -0.15) is 0 Å². The van der Waals surface area contributed by atoms with Crippen molar-refractivity contribution in [3.05, 3.63) is 64.1 Å². The average Bonchev–Trinajstić information content (AvgIpc) is 2.43. The molecule has 1 unspecified atom stereocenters. The summed E-state index contributed by atoms with van der Waals surface area (Å²) in [4.78, 5) is 11.7. The van der Waals surface area contributed by atoms with Gasteiger partial charge in [0.15, 0.2) is 0 Å². The zero-order chi connectivity index (χ0) is 14.5. The molecule has 0 radical (unpaired) electrons. The van der Waals surface area contributed by atoms with Crippen LogP contribution in [0.2, 0.25) is 0 Å². The standard InChI is InChI=1S/C17H22N2O/c1-4-11-19-12-15(9-10-17(19)20)18-14(3)16-8-6-5-7-13(16)2/h5-10,12,14,18H,4,11H2,1-3H3. The van der Waals surface area contributed by atoms with Gasteiger partial charge in [-0.3, -0.25) is 4.79 Å². The van der Waals surface area contributed by atoms with Crippen LogP contribution in [0, 0.1) is 6.92 Å². The van der Waals surface area contributed by atoms with E-state index in [2.05, 4.69) is 44.3 Å². The largest absolute Gasteiger partial charge is 0.377 e.